The fourth-order valence-electron chi connectivity index (χ4n) is 1.82. The summed E-state index contributed by atoms with van der Waals surface area (Å²) in [6.07, 6.45) is 4.27. The molecular formula is C15H16N2O. The lowest BCUT2D eigenvalue weighted by atomic mass is 9.98. The Kier molecular flexibility index (Phi) is 3.72. The second kappa shape index (κ2) is 5.45. The Hall–Kier alpha value is -2.16. The van der Waals surface area contributed by atoms with Crippen LogP contribution in [0.4, 0.5) is 0 Å². The van der Waals surface area contributed by atoms with Gasteiger partial charge >= 0.3 is 0 Å². The van der Waals surface area contributed by atoms with E-state index in [2.05, 4.69) is 4.98 Å². The van der Waals surface area contributed by atoms with Crippen molar-refractivity contribution >= 4 is 5.91 Å². The van der Waals surface area contributed by atoms with Gasteiger partial charge in [-0.3, -0.25) is 9.78 Å². The van der Waals surface area contributed by atoms with Gasteiger partial charge in [-0.15, -0.1) is 0 Å². The first kappa shape index (κ1) is 12.3. The summed E-state index contributed by atoms with van der Waals surface area (Å²) in [5.74, 6) is -0.388. The standard InChI is InChI=1S/C15H16N2O/c1-11(15(16)18)9-12-4-6-13(7-5-12)14-3-2-8-17-10-14/h2-8,10-11H,9H2,1H3,(H2,16,18). The van der Waals surface area contributed by atoms with Crippen LogP contribution in [0.5, 0.6) is 0 Å². The van der Waals surface area contributed by atoms with Crippen LogP contribution in [0.2, 0.25) is 0 Å². The molecule has 1 unspecified atom stereocenters. The summed E-state index contributed by atoms with van der Waals surface area (Å²) in [7, 11) is 0. The second-order valence-corrected chi connectivity index (χ2v) is 4.45. The van der Waals surface area contributed by atoms with E-state index in [1.807, 2.05) is 49.5 Å². The summed E-state index contributed by atoms with van der Waals surface area (Å²) in [4.78, 5) is 15.1. The van der Waals surface area contributed by atoms with E-state index in [9.17, 15) is 4.79 Å². The number of benzene rings is 1. The Morgan fingerprint density at radius 2 is 1.94 bits per heavy atom. The number of nitrogens with two attached hydrogens (primary N) is 1. The van der Waals surface area contributed by atoms with Crippen molar-refractivity contribution in [3.63, 3.8) is 0 Å². The van der Waals surface area contributed by atoms with E-state index < -0.39 is 0 Å². The number of carbonyl (C=O) groups is 1. The van der Waals surface area contributed by atoms with E-state index in [1.54, 1.807) is 6.20 Å². The average Bonchev–Trinajstić information content (AvgIpc) is 2.40. The van der Waals surface area contributed by atoms with Crippen LogP contribution in [-0.4, -0.2) is 10.9 Å². The lowest BCUT2D eigenvalue weighted by Crippen LogP contribution is -2.22. The van der Waals surface area contributed by atoms with Crippen LogP contribution in [0.1, 0.15) is 12.5 Å². The van der Waals surface area contributed by atoms with Gasteiger partial charge in [0.2, 0.25) is 5.91 Å². The molecule has 0 aliphatic carbocycles. The number of hydrogen-bond donors (Lipinski definition) is 1. The van der Waals surface area contributed by atoms with Crippen LogP contribution in [-0.2, 0) is 11.2 Å². The number of amides is 1. The molecule has 1 heterocycles. The molecule has 2 rings (SSSR count). The highest BCUT2D eigenvalue weighted by Gasteiger charge is 2.09. The molecule has 0 saturated heterocycles. The number of nitrogens with zero attached hydrogens (tertiary/aromatic N) is 1. The first-order chi connectivity index (χ1) is 8.66. The van der Waals surface area contributed by atoms with Gasteiger partial charge in [-0.05, 0) is 29.2 Å². The minimum absolute atomic E-state index is 0.130. The van der Waals surface area contributed by atoms with Gasteiger partial charge in [-0.25, -0.2) is 0 Å². The van der Waals surface area contributed by atoms with Gasteiger partial charge < -0.3 is 5.73 Å². The SMILES string of the molecule is CC(Cc1ccc(-c2cccnc2)cc1)C(N)=O. The van der Waals surface area contributed by atoms with E-state index in [0.29, 0.717) is 6.42 Å². The molecule has 1 aromatic carbocycles. The maximum atomic E-state index is 11.0. The van der Waals surface area contributed by atoms with E-state index in [4.69, 9.17) is 5.73 Å². The van der Waals surface area contributed by atoms with Crippen molar-refractivity contribution < 1.29 is 4.79 Å². The summed E-state index contributed by atoms with van der Waals surface area (Å²) < 4.78 is 0. The van der Waals surface area contributed by atoms with Gasteiger partial charge in [0.1, 0.15) is 0 Å². The number of rotatable bonds is 4. The Labute approximate surface area is 107 Å². The van der Waals surface area contributed by atoms with Gasteiger partial charge in [0.05, 0.1) is 0 Å². The molecule has 18 heavy (non-hydrogen) atoms. The van der Waals surface area contributed by atoms with E-state index >= 15 is 0 Å². The van der Waals surface area contributed by atoms with Crippen molar-refractivity contribution in [1.82, 2.24) is 4.98 Å². The molecule has 0 aliphatic heterocycles. The first-order valence-electron chi connectivity index (χ1n) is 5.95. The van der Waals surface area contributed by atoms with Crippen LogP contribution >= 0.6 is 0 Å². The van der Waals surface area contributed by atoms with Crippen molar-refractivity contribution in [3.8, 4) is 11.1 Å². The zero-order valence-corrected chi connectivity index (χ0v) is 10.3. The van der Waals surface area contributed by atoms with Crippen molar-refractivity contribution in [2.75, 3.05) is 0 Å². The summed E-state index contributed by atoms with van der Waals surface area (Å²) in [5, 5.41) is 0. The third-order valence-corrected chi connectivity index (χ3v) is 2.98. The molecule has 0 bridgehead atoms. The predicted octanol–water partition coefficient (Wildman–Crippen LogP) is 2.41. The van der Waals surface area contributed by atoms with Crippen LogP contribution in [0.25, 0.3) is 11.1 Å². The minimum atomic E-state index is -0.258. The van der Waals surface area contributed by atoms with Gasteiger partial charge in [0.15, 0.2) is 0 Å². The van der Waals surface area contributed by atoms with Crippen molar-refractivity contribution in [2.24, 2.45) is 11.7 Å². The second-order valence-electron chi connectivity index (χ2n) is 4.45. The number of aromatic nitrogens is 1. The molecule has 2 N–H and O–H groups in total. The quantitative estimate of drug-likeness (QED) is 0.892. The van der Waals surface area contributed by atoms with Crippen molar-refractivity contribution in [3.05, 3.63) is 54.4 Å². The first-order valence-corrected chi connectivity index (χ1v) is 5.95. The monoisotopic (exact) mass is 240 g/mol. The van der Waals surface area contributed by atoms with Crippen LogP contribution in [0, 0.1) is 5.92 Å². The predicted molar refractivity (Wildman–Crippen MR) is 71.7 cm³/mol. The van der Waals surface area contributed by atoms with Crippen molar-refractivity contribution in [1.29, 1.82) is 0 Å². The third-order valence-electron chi connectivity index (χ3n) is 2.98. The molecule has 1 aromatic heterocycles. The molecule has 1 amide bonds. The zero-order chi connectivity index (χ0) is 13.0. The van der Waals surface area contributed by atoms with Gasteiger partial charge in [-0.1, -0.05) is 37.3 Å². The fourth-order valence-corrected chi connectivity index (χ4v) is 1.82. The lowest BCUT2D eigenvalue weighted by molar-refractivity contribution is -0.121. The topological polar surface area (TPSA) is 56.0 Å². The third kappa shape index (κ3) is 2.94. The van der Waals surface area contributed by atoms with Crippen LogP contribution < -0.4 is 5.73 Å². The van der Waals surface area contributed by atoms with E-state index in [-0.39, 0.29) is 11.8 Å². The zero-order valence-electron chi connectivity index (χ0n) is 10.3. The average molecular weight is 240 g/mol. The van der Waals surface area contributed by atoms with Gasteiger partial charge in [0, 0.05) is 18.3 Å². The van der Waals surface area contributed by atoms with E-state index in [1.165, 1.54) is 0 Å². The summed E-state index contributed by atoms with van der Waals surface area (Å²) in [6, 6.07) is 12.1. The van der Waals surface area contributed by atoms with Gasteiger partial charge in [-0.2, -0.15) is 0 Å². The fraction of sp³-hybridized carbons (Fsp3) is 0.200. The Bertz CT molecular complexity index is 520. The largest absolute Gasteiger partial charge is 0.369 e. The molecule has 3 heteroatoms. The molecule has 3 nitrogen and oxygen atoms in total. The van der Waals surface area contributed by atoms with E-state index in [0.717, 1.165) is 16.7 Å². The molecule has 0 aliphatic rings. The number of primary amides is 1. The molecule has 0 saturated carbocycles. The number of pyridine rings is 1. The molecule has 2 aromatic rings. The summed E-state index contributed by atoms with van der Waals surface area (Å²) >= 11 is 0. The molecule has 1 atom stereocenters. The van der Waals surface area contributed by atoms with Crippen molar-refractivity contribution in [2.45, 2.75) is 13.3 Å². The Balaban J connectivity index is 2.13. The highest BCUT2D eigenvalue weighted by molar-refractivity contribution is 5.76. The summed E-state index contributed by atoms with van der Waals surface area (Å²) in [5.41, 5.74) is 8.59. The maximum Gasteiger partial charge on any atom is 0.220 e. The van der Waals surface area contributed by atoms with Crippen LogP contribution in [0.15, 0.2) is 48.8 Å². The number of carbonyl (C=O) groups excluding carboxylic acids is 1. The molecule has 92 valence electrons. The normalized spacial score (nSPS) is 12.1. The number of hydrogen-bond acceptors (Lipinski definition) is 2. The smallest absolute Gasteiger partial charge is 0.220 e. The molecular weight excluding hydrogens is 224 g/mol. The highest BCUT2D eigenvalue weighted by Crippen LogP contribution is 2.19. The molecule has 0 radical (unpaired) electrons. The lowest BCUT2D eigenvalue weighted by Gasteiger charge is -2.08. The molecule has 0 spiro atoms. The van der Waals surface area contributed by atoms with Gasteiger partial charge in [0.25, 0.3) is 0 Å². The minimum Gasteiger partial charge on any atom is -0.369 e. The highest BCUT2D eigenvalue weighted by atomic mass is 16.1. The van der Waals surface area contributed by atoms with Crippen LogP contribution in [0.3, 0.4) is 0 Å². The Morgan fingerprint density at radius 3 is 2.50 bits per heavy atom. The Morgan fingerprint density at radius 1 is 1.22 bits per heavy atom. The molecule has 0 fully saturated rings. The summed E-state index contributed by atoms with van der Waals surface area (Å²) in [6.45, 7) is 1.84. The maximum absolute atomic E-state index is 11.0.